The molecule has 0 saturated carbocycles. The van der Waals surface area contributed by atoms with Crippen LogP contribution in [-0.2, 0) is 22.2 Å². The van der Waals surface area contributed by atoms with E-state index in [1.165, 1.54) is 11.8 Å². The molecule has 7 nitrogen and oxygen atoms in total. The van der Waals surface area contributed by atoms with Crippen molar-refractivity contribution in [2.45, 2.75) is 58.9 Å². The lowest BCUT2D eigenvalue weighted by Crippen LogP contribution is -2.37. The molecule has 0 heterocycles. The first-order valence-electron chi connectivity index (χ1n) is 12.4. The van der Waals surface area contributed by atoms with Gasteiger partial charge < -0.3 is 14.7 Å². The number of phenols is 1. The second-order valence-corrected chi connectivity index (χ2v) is 11.6. The van der Waals surface area contributed by atoms with Crippen LogP contribution in [0.5, 0.6) is 11.5 Å². The summed E-state index contributed by atoms with van der Waals surface area (Å²) >= 11 is 0. The van der Waals surface area contributed by atoms with Gasteiger partial charge in [0, 0.05) is 30.8 Å². The van der Waals surface area contributed by atoms with Crippen molar-refractivity contribution in [3.8, 4) is 11.5 Å². The third-order valence-electron chi connectivity index (χ3n) is 6.07. The van der Waals surface area contributed by atoms with Crippen molar-refractivity contribution in [1.29, 1.82) is 0 Å². The first-order chi connectivity index (χ1) is 16.7. The summed E-state index contributed by atoms with van der Waals surface area (Å²) in [4.78, 5) is 16.6. The molecule has 0 bridgehead atoms. The maximum atomic E-state index is 12.4. The van der Waals surface area contributed by atoms with Crippen LogP contribution in [0, 0.1) is 0 Å². The fourth-order valence-corrected chi connectivity index (χ4v) is 3.80. The lowest BCUT2D eigenvalue weighted by atomic mass is 9.79. The predicted octanol–water partition coefficient (Wildman–Crippen LogP) is 4.51. The monoisotopic (exact) mass is 496 g/mol. The first-order valence-corrected chi connectivity index (χ1v) is 12.4. The van der Waals surface area contributed by atoms with E-state index in [-0.39, 0.29) is 29.0 Å². The van der Waals surface area contributed by atoms with Crippen LogP contribution in [-0.4, -0.2) is 67.9 Å². The number of ether oxygens (including phenoxy) is 1. The number of nitrogens with one attached hydrogen (secondary N) is 1. The average Bonchev–Trinajstić information content (AvgIpc) is 2.77. The molecular formula is C29H44N4O3. The molecule has 0 spiro atoms. The third-order valence-corrected chi connectivity index (χ3v) is 6.07. The van der Waals surface area contributed by atoms with Gasteiger partial charge in [0.2, 0.25) is 0 Å². The molecule has 2 rings (SSSR count). The quantitative estimate of drug-likeness (QED) is 0.374. The van der Waals surface area contributed by atoms with Gasteiger partial charge in [0.1, 0.15) is 11.5 Å². The van der Waals surface area contributed by atoms with Gasteiger partial charge in [-0.2, -0.15) is 5.10 Å². The van der Waals surface area contributed by atoms with E-state index >= 15 is 0 Å². The standard InChI is InChI=1S/C29H44N4O3/c1-28(2,3)23-16-22(27(35)25(17-23)29(4,5)6)18-30-31-26(34)20-33(8)14-13-32(7)19-21-11-10-12-24(15-21)36-9/h10-12,15-18,35H,13-14,19-20H2,1-9H3,(H,31,34)/b30-18+. The Morgan fingerprint density at radius 2 is 1.69 bits per heavy atom. The molecule has 0 atom stereocenters. The number of aromatic hydroxyl groups is 1. The number of hydrogen-bond acceptors (Lipinski definition) is 6. The summed E-state index contributed by atoms with van der Waals surface area (Å²) in [7, 11) is 5.64. The molecule has 36 heavy (non-hydrogen) atoms. The Labute approximate surface area is 217 Å². The van der Waals surface area contributed by atoms with Crippen LogP contribution >= 0.6 is 0 Å². The van der Waals surface area contributed by atoms with Gasteiger partial charge in [0.25, 0.3) is 5.91 Å². The number of rotatable bonds is 10. The summed E-state index contributed by atoms with van der Waals surface area (Å²) < 4.78 is 5.29. The Morgan fingerprint density at radius 3 is 2.31 bits per heavy atom. The van der Waals surface area contributed by atoms with Crippen molar-refractivity contribution in [3.63, 3.8) is 0 Å². The highest BCUT2D eigenvalue weighted by Crippen LogP contribution is 2.37. The SMILES string of the molecule is COc1cccc(CN(C)CCN(C)CC(=O)N/N=C/c2cc(C(C)(C)C)cc(C(C)(C)C)c2O)c1. The Kier molecular flexibility index (Phi) is 10.1. The normalized spacial score (nSPS) is 12.5. The summed E-state index contributed by atoms with van der Waals surface area (Å²) in [5.41, 5.74) is 6.04. The second kappa shape index (κ2) is 12.4. The van der Waals surface area contributed by atoms with E-state index in [0.717, 1.165) is 36.5 Å². The Balaban J connectivity index is 1.92. The smallest absolute Gasteiger partial charge is 0.254 e. The van der Waals surface area contributed by atoms with E-state index in [9.17, 15) is 9.90 Å². The van der Waals surface area contributed by atoms with Crippen molar-refractivity contribution in [2.24, 2.45) is 5.10 Å². The lowest BCUT2D eigenvalue weighted by Gasteiger charge is -2.26. The van der Waals surface area contributed by atoms with E-state index < -0.39 is 0 Å². The van der Waals surface area contributed by atoms with E-state index in [4.69, 9.17) is 4.74 Å². The lowest BCUT2D eigenvalue weighted by molar-refractivity contribution is -0.121. The van der Waals surface area contributed by atoms with Crippen LogP contribution in [0.25, 0.3) is 0 Å². The molecule has 198 valence electrons. The zero-order valence-corrected chi connectivity index (χ0v) is 23.5. The highest BCUT2D eigenvalue weighted by Gasteiger charge is 2.24. The number of carbonyl (C=O) groups is 1. The predicted molar refractivity (Wildman–Crippen MR) is 148 cm³/mol. The van der Waals surface area contributed by atoms with Gasteiger partial charge in [-0.25, -0.2) is 5.43 Å². The van der Waals surface area contributed by atoms with Crippen LogP contribution in [0.4, 0.5) is 0 Å². The molecular weight excluding hydrogens is 452 g/mol. The molecule has 0 aliphatic heterocycles. The highest BCUT2D eigenvalue weighted by molar-refractivity contribution is 5.86. The first kappa shape index (κ1) is 29.3. The molecule has 0 aromatic heterocycles. The molecule has 2 aromatic rings. The Bertz CT molecular complexity index is 1050. The second-order valence-electron chi connectivity index (χ2n) is 11.6. The average molecular weight is 497 g/mol. The van der Waals surface area contributed by atoms with Crippen molar-refractivity contribution < 1.29 is 14.6 Å². The van der Waals surface area contributed by atoms with Crippen molar-refractivity contribution in [1.82, 2.24) is 15.2 Å². The summed E-state index contributed by atoms with van der Waals surface area (Å²) in [6.07, 6.45) is 1.53. The molecule has 0 aliphatic rings. The molecule has 0 saturated heterocycles. The maximum Gasteiger partial charge on any atom is 0.254 e. The van der Waals surface area contributed by atoms with Gasteiger partial charge in [-0.3, -0.25) is 9.69 Å². The molecule has 0 fully saturated rings. The molecule has 2 N–H and O–H groups in total. The van der Waals surface area contributed by atoms with Crippen molar-refractivity contribution in [3.05, 3.63) is 58.7 Å². The summed E-state index contributed by atoms with van der Waals surface area (Å²) in [5.74, 6) is 0.847. The van der Waals surface area contributed by atoms with E-state index in [2.05, 4.69) is 76.1 Å². The fraction of sp³-hybridized carbons (Fsp3) is 0.517. The van der Waals surface area contributed by atoms with Crippen LogP contribution in [0.3, 0.4) is 0 Å². The number of hydrazone groups is 1. The summed E-state index contributed by atoms with van der Waals surface area (Å²) in [5, 5.41) is 15.0. The molecule has 0 radical (unpaired) electrons. The Hall–Kier alpha value is -2.90. The molecule has 7 heteroatoms. The minimum atomic E-state index is -0.223. The molecule has 1 amide bonds. The van der Waals surface area contributed by atoms with Crippen LogP contribution in [0.1, 0.15) is 63.8 Å². The zero-order valence-electron chi connectivity index (χ0n) is 23.5. The topological polar surface area (TPSA) is 77.4 Å². The zero-order chi connectivity index (χ0) is 27.1. The highest BCUT2D eigenvalue weighted by atomic mass is 16.5. The minimum Gasteiger partial charge on any atom is -0.507 e. The van der Waals surface area contributed by atoms with Gasteiger partial charge >= 0.3 is 0 Å². The van der Waals surface area contributed by atoms with Gasteiger partial charge in [-0.1, -0.05) is 59.7 Å². The number of benzene rings is 2. The van der Waals surface area contributed by atoms with Gasteiger partial charge in [0.05, 0.1) is 19.9 Å². The number of methoxy groups -OCH3 is 1. The van der Waals surface area contributed by atoms with Crippen molar-refractivity contribution >= 4 is 12.1 Å². The number of amides is 1. The van der Waals surface area contributed by atoms with Gasteiger partial charge in [-0.15, -0.1) is 0 Å². The van der Waals surface area contributed by atoms with Gasteiger partial charge in [-0.05, 0) is 54.3 Å². The minimum absolute atomic E-state index is 0.0814. The van der Waals surface area contributed by atoms with Crippen LogP contribution < -0.4 is 10.2 Å². The molecule has 2 aromatic carbocycles. The fourth-order valence-electron chi connectivity index (χ4n) is 3.80. The molecule has 0 aliphatic carbocycles. The number of hydrogen-bond donors (Lipinski definition) is 2. The number of likely N-dealkylation sites (N-methyl/N-ethyl adjacent to an activating group) is 2. The van der Waals surface area contributed by atoms with Gasteiger partial charge in [0.15, 0.2) is 0 Å². The Morgan fingerprint density at radius 1 is 1.03 bits per heavy atom. The molecule has 0 unspecified atom stereocenters. The van der Waals surface area contributed by atoms with E-state index in [1.807, 2.05) is 36.2 Å². The number of nitrogens with zero attached hydrogens (tertiary/aromatic N) is 3. The number of carbonyl (C=O) groups excluding carboxylic acids is 1. The third kappa shape index (κ3) is 8.95. The van der Waals surface area contributed by atoms with Crippen LogP contribution in [0.2, 0.25) is 0 Å². The summed E-state index contributed by atoms with van der Waals surface area (Å²) in [6, 6.07) is 12.0. The summed E-state index contributed by atoms with van der Waals surface area (Å²) in [6.45, 7) is 15.2. The maximum absolute atomic E-state index is 12.4. The van der Waals surface area contributed by atoms with Crippen LogP contribution in [0.15, 0.2) is 41.5 Å². The number of phenolic OH excluding ortho intramolecular Hbond substituents is 1. The van der Waals surface area contributed by atoms with E-state index in [0.29, 0.717) is 5.56 Å². The van der Waals surface area contributed by atoms with Crippen molar-refractivity contribution in [2.75, 3.05) is 40.8 Å². The van der Waals surface area contributed by atoms with E-state index in [1.54, 1.807) is 7.11 Å². The largest absolute Gasteiger partial charge is 0.507 e.